The van der Waals surface area contributed by atoms with E-state index in [1.165, 1.54) is 0 Å². The second-order valence-corrected chi connectivity index (χ2v) is 7.37. The van der Waals surface area contributed by atoms with Crippen LogP contribution in [0.1, 0.15) is 34.5 Å². The molecule has 0 unspecified atom stereocenters. The van der Waals surface area contributed by atoms with Crippen molar-refractivity contribution in [2.24, 2.45) is 7.05 Å². The van der Waals surface area contributed by atoms with Crippen LogP contribution in [0.4, 0.5) is 10.6 Å². The number of hydrogen-bond donors (Lipinski definition) is 2. The minimum Gasteiger partial charge on any atom is -0.384 e. The number of urea groups is 1. The normalized spacial score (nSPS) is 14.7. The molecular weight excluding hydrogens is 370 g/mol. The van der Waals surface area contributed by atoms with Crippen LogP contribution in [0.3, 0.4) is 0 Å². The Hall–Kier alpha value is -2.87. The second kappa shape index (κ2) is 9.56. The lowest BCUT2D eigenvalue weighted by Crippen LogP contribution is -2.47. The van der Waals surface area contributed by atoms with Crippen LogP contribution < -0.4 is 10.6 Å². The molecule has 0 aliphatic carbocycles. The molecule has 2 N–H and O–H groups in total. The first-order chi connectivity index (χ1) is 14.0. The zero-order valence-corrected chi connectivity index (χ0v) is 17.3. The highest BCUT2D eigenvalue weighted by Crippen LogP contribution is 2.16. The lowest BCUT2D eigenvalue weighted by molar-refractivity contribution is 0.0918. The molecule has 29 heavy (non-hydrogen) atoms. The number of methoxy groups -OCH3 is 1. The lowest BCUT2D eigenvalue weighted by Gasteiger charge is -2.32. The van der Waals surface area contributed by atoms with E-state index in [-0.39, 0.29) is 18.0 Å². The molecule has 2 aromatic rings. The number of nitrogens with zero attached hydrogens (tertiary/aromatic N) is 3. The summed E-state index contributed by atoms with van der Waals surface area (Å²) in [6.07, 6.45) is 2.16. The Bertz CT molecular complexity index is 856. The Morgan fingerprint density at radius 3 is 2.66 bits per heavy atom. The predicted molar refractivity (Wildman–Crippen MR) is 111 cm³/mol. The van der Waals surface area contributed by atoms with E-state index >= 15 is 0 Å². The highest BCUT2D eigenvalue weighted by atomic mass is 16.5. The molecule has 2 heterocycles. The molecular formula is C21H29N5O3. The summed E-state index contributed by atoms with van der Waals surface area (Å²) in [5, 5.41) is 10.4. The molecule has 8 heteroatoms. The molecule has 3 amide bonds. The largest absolute Gasteiger partial charge is 0.384 e. The number of ether oxygens (including phenoxy) is 1. The van der Waals surface area contributed by atoms with E-state index in [9.17, 15) is 9.59 Å². The van der Waals surface area contributed by atoms with Crippen molar-refractivity contribution >= 4 is 17.8 Å². The fourth-order valence-corrected chi connectivity index (χ4v) is 3.48. The van der Waals surface area contributed by atoms with Crippen molar-refractivity contribution in [1.29, 1.82) is 0 Å². The first-order valence-electron chi connectivity index (χ1n) is 9.92. The third kappa shape index (κ3) is 5.35. The van der Waals surface area contributed by atoms with Gasteiger partial charge in [0.05, 0.1) is 12.3 Å². The number of carbonyl (C=O) groups excluding carboxylic acids is 2. The highest BCUT2D eigenvalue weighted by Gasteiger charge is 2.25. The summed E-state index contributed by atoms with van der Waals surface area (Å²) in [5.41, 5.74) is 2.54. The van der Waals surface area contributed by atoms with Gasteiger partial charge in [0, 0.05) is 51.3 Å². The van der Waals surface area contributed by atoms with Crippen molar-refractivity contribution in [3.05, 3.63) is 47.2 Å². The molecule has 156 valence electrons. The number of rotatable bonds is 6. The Kier molecular flexibility index (Phi) is 6.87. The monoisotopic (exact) mass is 399 g/mol. The number of likely N-dealkylation sites (tertiary alicyclic amines) is 1. The summed E-state index contributed by atoms with van der Waals surface area (Å²) >= 11 is 0. The molecule has 8 nitrogen and oxygen atoms in total. The van der Waals surface area contributed by atoms with Crippen LogP contribution in [0, 0.1) is 6.92 Å². The van der Waals surface area contributed by atoms with Crippen LogP contribution >= 0.6 is 0 Å². The molecule has 1 aliphatic heterocycles. The van der Waals surface area contributed by atoms with E-state index in [1.807, 2.05) is 37.3 Å². The van der Waals surface area contributed by atoms with Crippen molar-refractivity contribution in [3.63, 3.8) is 0 Å². The highest BCUT2D eigenvalue weighted by molar-refractivity contribution is 5.95. The Labute approximate surface area is 171 Å². The topological polar surface area (TPSA) is 88.5 Å². The Morgan fingerprint density at radius 1 is 1.24 bits per heavy atom. The lowest BCUT2D eigenvalue weighted by atomic mass is 10.0. The molecule has 1 aliphatic rings. The van der Waals surface area contributed by atoms with E-state index in [0.717, 1.165) is 24.1 Å². The Balaban J connectivity index is 1.49. The van der Waals surface area contributed by atoms with E-state index in [2.05, 4.69) is 15.7 Å². The summed E-state index contributed by atoms with van der Waals surface area (Å²) in [6.45, 7) is 3.71. The van der Waals surface area contributed by atoms with Crippen molar-refractivity contribution in [1.82, 2.24) is 20.0 Å². The quantitative estimate of drug-likeness (QED) is 0.780. The molecule has 3 rings (SSSR count). The van der Waals surface area contributed by atoms with Gasteiger partial charge in [-0.2, -0.15) is 5.10 Å². The number of aromatic nitrogens is 2. The molecule has 1 saturated heterocycles. The van der Waals surface area contributed by atoms with Gasteiger partial charge in [-0.05, 0) is 31.4 Å². The van der Waals surface area contributed by atoms with Crippen LogP contribution in [0.15, 0.2) is 30.3 Å². The van der Waals surface area contributed by atoms with Crippen LogP contribution in [-0.2, 0) is 18.2 Å². The summed E-state index contributed by atoms with van der Waals surface area (Å²) in [5.74, 6) is 0.612. The van der Waals surface area contributed by atoms with Gasteiger partial charge in [0.2, 0.25) is 0 Å². The number of anilines is 1. The van der Waals surface area contributed by atoms with Crippen LogP contribution in [0.2, 0.25) is 0 Å². The van der Waals surface area contributed by atoms with Gasteiger partial charge >= 0.3 is 6.03 Å². The number of piperidine rings is 1. The number of amides is 3. The molecule has 0 bridgehead atoms. The zero-order chi connectivity index (χ0) is 20.8. The van der Waals surface area contributed by atoms with Gasteiger partial charge in [-0.25, -0.2) is 4.79 Å². The first kappa shape index (κ1) is 20.9. The fourth-order valence-electron chi connectivity index (χ4n) is 3.48. The molecule has 0 atom stereocenters. The van der Waals surface area contributed by atoms with Crippen molar-refractivity contribution < 1.29 is 14.3 Å². The van der Waals surface area contributed by atoms with Crippen LogP contribution in [0.25, 0.3) is 0 Å². The van der Waals surface area contributed by atoms with Gasteiger partial charge in [-0.3, -0.25) is 14.8 Å². The van der Waals surface area contributed by atoms with Gasteiger partial charge in [-0.15, -0.1) is 0 Å². The van der Waals surface area contributed by atoms with Crippen molar-refractivity contribution in [3.8, 4) is 0 Å². The molecule has 1 aromatic heterocycles. The maximum Gasteiger partial charge on any atom is 0.323 e. The van der Waals surface area contributed by atoms with Crippen LogP contribution in [0.5, 0.6) is 0 Å². The van der Waals surface area contributed by atoms with E-state index < -0.39 is 0 Å². The van der Waals surface area contributed by atoms with Gasteiger partial charge in [0.1, 0.15) is 5.82 Å². The zero-order valence-electron chi connectivity index (χ0n) is 17.3. The summed E-state index contributed by atoms with van der Waals surface area (Å²) in [6, 6.07) is 9.35. The average molecular weight is 399 g/mol. The van der Waals surface area contributed by atoms with E-state index in [4.69, 9.17) is 4.74 Å². The molecule has 1 aromatic carbocycles. The number of carbonyl (C=O) groups is 2. The van der Waals surface area contributed by atoms with Gasteiger partial charge in [0.15, 0.2) is 0 Å². The van der Waals surface area contributed by atoms with E-state index in [0.29, 0.717) is 37.5 Å². The maximum atomic E-state index is 12.6. The first-order valence-corrected chi connectivity index (χ1v) is 9.92. The van der Waals surface area contributed by atoms with E-state index in [1.54, 1.807) is 23.7 Å². The third-order valence-electron chi connectivity index (χ3n) is 5.23. The average Bonchev–Trinajstić information content (AvgIpc) is 3.06. The molecule has 0 radical (unpaired) electrons. The van der Waals surface area contributed by atoms with Gasteiger partial charge < -0.3 is 15.0 Å². The smallest absolute Gasteiger partial charge is 0.323 e. The number of hydrogen-bond acceptors (Lipinski definition) is 4. The standard InChI is InChI=1S/C21H29N5O3/c1-15-6-4-5-7-18(15)20(27)22-16-8-11-26(12-9-16)21(28)23-19-14-17(10-13-29-3)24-25(19)2/h4-7,14,16H,8-13H2,1-3H3,(H,22,27)(H,23,28). The molecule has 0 saturated carbocycles. The van der Waals surface area contributed by atoms with Crippen LogP contribution in [-0.4, -0.2) is 59.5 Å². The minimum absolute atomic E-state index is 0.0514. The fraction of sp³-hybridized carbons (Fsp3) is 0.476. The third-order valence-corrected chi connectivity index (χ3v) is 5.23. The van der Waals surface area contributed by atoms with Gasteiger partial charge in [0.25, 0.3) is 5.91 Å². The molecule has 0 spiro atoms. The summed E-state index contributed by atoms with van der Waals surface area (Å²) < 4.78 is 6.73. The number of aryl methyl sites for hydroxylation is 2. The van der Waals surface area contributed by atoms with Gasteiger partial charge in [-0.1, -0.05) is 18.2 Å². The number of nitrogens with one attached hydrogen (secondary N) is 2. The SMILES string of the molecule is COCCc1cc(NC(=O)N2CCC(NC(=O)c3ccccc3C)CC2)n(C)n1. The van der Waals surface area contributed by atoms with Crippen molar-refractivity contribution in [2.75, 3.05) is 32.1 Å². The summed E-state index contributed by atoms with van der Waals surface area (Å²) in [4.78, 5) is 26.9. The number of benzene rings is 1. The Morgan fingerprint density at radius 2 is 1.97 bits per heavy atom. The molecule has 1 fully saturated rings. The maximum absolute atomic E-state index is 12.6. The predicted octanol–water partition coefficient (Wildman–Crippen LogP) is 2.34. The second-order valence-electron chi connectivity index (χ2n) is 7.37. The minimum atomic E-state index is -0.144. The van der Waals surface area contributed by atoms with Crippen molar-refractivity contribution in [2.45, 2.75) is 32.2 Å². The summed E-state index contributed by atoms with van der Waals surface area (Å²) in [7, 11) is 3.46.